The molecule has 0 aliphatic rings. The normalized spacial score (nSPS) is 9.73. The summed E-state index contributed by atoms with van der Waals surface area (Å²) in [6.07, 6.45) is 0. The van der Waals surface area contributed by atoms with Crippen molar-refractivity contribution in [2.75, 3.05) is 19.0 Å². The molecule has 1 aromatic rings. The average Bonchev–Trinajstić information content (AvgIpc) is 1.94. The predicted molar refractivity (Wildman–Crippen MR) is 42.4 cm³/mol. The molecule has 11 heavy (non-hydrogen) atoms. The van der Waals surface area contributed by atoms with Gasteiger partial charge in [-0.05, 0) is 12.1 Å². The van der Waals surface area contributed by atoms with Gasteiger partial charge in [0.2, 0.25) is 0 Å². The molecular formula is C8H10FNO. The fourth-order valence-electron chi connectivity index (χ4n) is 0.865. The quantitative estimate of drug-likeness (QED) is 0.665. The van der Waals surface area contributed by atoms with Crippen LogP contribution < -0.4 is 4.90 Å². The van der Waals surface area contributed by atoms with Crippen molar-refractivity contribution in [3.8, 4) is 5.75 Å². The summed E-state index contributed by atoms with van der Waals surface area (Å²) in [5.41, 5.74) is 0.491. The number of phenols is 1. The molecule has 0 bridgehead atoms. The summed E-state index contributed by atoms with van der Waals surface area (Å²) < 4.78 is 12.7. The van der Waals surface area contributed by atoms with Crippen LogP contribution in [0.4, 0.5) is 10.1 Å². The number of nitrogens with zero attached hydrogens (tertiary/aromatic N) is 1. The third kappa shape index (κ3) is 1.42. The van der Waals surface area contributed by atoms with Crippen LogP contribution in [0.1, 0.15) is 0 Å². The molecule has 2 nitrogen and oxygen atoms in total. The molecule has 60 valence electrons. The van der Waals surface area contributed by atoms with Crippen molar-refractivity contribution in [1.29, 1.82) is 0 Å². The number of halogens is 1. The number of rotatable bonds is 1. The molecule has 1 rings (SSSR count). The molecule has 0 aliphatic heterocycles. The number of aromatic hydroxyl groups is 1. The largest absolute Gasteiger partial charge is 0.503 e. The predicted octanol–water partition coefficient (Wildman–Crippen LogP) is 1.60. The van der Waals surface area contributed by atoms with E-state index in [-0.39, 0.29) is 5.75 Å². The molecule has 0 radical (unpaired) electrons. The monoisotopic (exact) mass is 155 g/mol. The number of hydrogen-bond acceptors (Lipinski definition) is 2. The molecule has 0 aliphatic carbocycles. The highest BCUT2D eigenvalue weighted by molar-refractivity contribution is 5.56. The van der Waals surface area contributed by atoms with Crippen molar-refractivity contribution in [3.63, 3.8) is 0 Å². The van der Waals surface area contributed by atoms with Crippen molar-refractivity contribution in [3.05, 3.63) is 24.0 Å². The Morgan fingerprint density at radius 2 is 2.00 bits per heavy atom. The molecule has 0 atom stereocenters. The number of hydrogen-bond donors (Lipinski definition) is 1. The first-order chi connectivity index (χ1) is 5.13. The Balaban J connectivity index is 3.17. The molecule has 1 N–H and O–H groups in total. The molecule has 0 spiro atoms. The Morgan fingerprint density at radius 1 is 1.36 bits per heavy atom. The lowest BCUT2D eigenvalue weighted by Gasteiger charge is -2.13. The molecule has 1 aromatic carbocycles. The standard InChI is InChI=1S/C8H10FNO/c1-10(2)7-5-3-4-6(9)8(7)11/h3-5,11H,1-2H3. The van der Waals surface area contributed by atoms with Gasteiger partial charge in [-0.2, -0.15) is 0 Å². The summed E-state index contributed by atoms with van der Waals surface area (Å²) in [6.45, 7) is 0. The Morgan fingerprint density at radius 3 is 2.45 bits per heavy atom. The smallest absolute Gasteiger partial charge is 0.175 e. The summed E-state index contributed by atoms with van der Waals surface area (Å²) in [4.78, 5) is 1.65. The molecule has 0 saturated heterocycles. The van der Waals surface area contributed by atoms with E-state index in [0.29, 0.717) is 5.69 Å². The van der Waals surface area contributed by atoms with Gasteiger partial charge in [0.15, 0.2) is 11.6 Å². The first-order valence-electron chi connectivity index (χ1n) is 3.27. The van der Waals surface area contributed by atoms with Gasteiger partial charge in [-0.25, -0.2) is 4.39 Å². The van der Waals surface area contributed by atoms with Crippen LogP contribution in [0.15, 0.2) is 18.2 Å². The molecule has 0 aromatic heterocycles. The second-order valence-electron chi connectivity index (χ2n) is 2.50. The average molecular weight is 155 g/mol. The lowest BCUT2D eigenvalue weighted by molar-refractivity contribution is 0.433. The van der Waals surface area contributed by atoms with Crippen LogP contribution in [0.25, 0.3) is 0 Å². The van der Waals surface area contributed by atoms with E-state index in [9.17, 15) is 4.39 Å². The maximum atomic E-state index is 12.7. The van der Waals surface area contributed by atoms with Crippen molar-refractivity contribution in [1.82, 2.24) is 0 Å². The van der Waals surface area contributed by atoms with Crippen molar-refractivity contribution in [2.45, 2.75) is 0 Å². The zero-order chi connectivity index (χ0) is 8.43. The minimum atomic E-state index is -0.587. The number of benzene rings is 1. The van der Waals surface area contributed by atoms with Gasteiger partial charge in [-0.1, -0.05) is 6.07 Å². The summed E-state index contributed by atoms with van der Waals surface area (Å²) in [5.74, 6) is -0.881. The first-order valence-corrected chi connectivity index (χ1v) is 3.27. The van der Waals surface area contributed by atoms with Gasteiger partial charge in [0.1, 0.15) is 0 Å². The van der Waals surface area contributed by atoms with Crippen LogP contribution in [-0.2, 0) is 0 Å². The molecule has 3 heteroatoms. The van der Waals surface area contributed by atoms with Crippen molar-refractivity contribution >= 4 is 5.69 Å². The van der Waals surface area contributed by atoms with E-state index in [1.54, 1.807) is 31.1 Å². The van der Waals surface area contributed by atoms with E-state index in [1.807, 2.05) is 0 Å². The second kappa shape index (κ2) is 2.78. The van der Waals surface area contributed by atoms with E-state index >= 15 is 0 Å². The fourth-order valence-corrected chi connectivity index (χ4v) is 0.865. The highest BCUT2D eigenvalue weighted by Crippen LogP contribution is 2.27. The van der Waals surface area contributed by atoms with Gasteiger partial charge in [-0.3, -0.25) is 0 Å². The molecule has 0 heterocycles. The van der Waals surface area contributed by atoms with Gasteiger partial charge in [0, 0.05) is 14.1 Å². The Labute approximate surface area is 64.9 Å². The Kier molecular flexibility index (Phi) is 1.98. The van der Waals surface area contributed by atoms with E-state index in [4.69, 9.17) is 5.11 Å². The van der Waals surface area contributed by atoms with Crippen LogP contribution >= 0.6 is 0 Å². The number of phenolic OH excluding ortho intramolecular Hbond substituents is 1. The van der Waals surface area contributed by atoms with Crippen LogP contribution in [0.2, 0.25) is 0 Å². The first kappa shape index (κ1) is 7.85. The number of anilines is 1. The van der Waals surface area contributed by atoms with Crippen LogP contribution in [0.3, 0.4) is 0 Å². The van der Waals surface area contributed by atoms with Crippen LogP contribution in [0, 0.1) is 5.82 Å². The minimum absolute atomic E-state index is 0.294. The third-order valence-electron chi connectivity index (χ3n) is 1.45. The number of para-hydroxylation sites is 1. The molecular weight excluding hydrogens is 145 g/mol. The van der Waals surface area contributed by atoms with E-state index < -0.39 is 5.82 Å². The molecule has 0 unspecified atom stereocenters. The lowest BCUT2D eigenvalue weighted by Crippen LogP contribution is -2.08. The maximum Gasteiger partial charge on any atom is 0.175 e. The SMILES string of the molecule is CN(C)c1cccc(F)c1O. The van der Waals surface area contributed by atoms with E-state index in [0.717, 1.165) is 0 Å². The Bertz CT molecular complexity index is 260. The Hall–Kier alpha value is -1.25. The second-order valence-corrected chi connectivity index (χ2v) is 2.50. The zero-order valence-corrected chi connectivity index (χ0v) is 6.50. The summed E-state index contributed by atoms with van der Waals surface area (Å²) in [7, 11) is 3.49. The highest BCUT2D eigenvalue weighted by Gasteiger charge is 2.06. The summed E-state index contributed by atoms with van der Waals surface area (Å²) >= 11 is 0. The highest BCUT2D eigenvalue weighted by atomic mass is 19.1. The molecule has 0 saturated carbocycles. The summed E-state index contributed by atoms with van der Waals surface area (Å²) in [6, 6.07) is 4.44. The third-order valence-corrected chi connectivity index (χ3v) is 1.45. The van der Waals surface area contributed by atoms with Gasteiger partial charge in [0.25, 0.3) is 0 Å². The minimum Gasteiger partial charge on any atom is -0.503 e. The fraction of sp³-hybridized carbons (Fsp3) is 0.250. The van der Waals surface area contributed by atoms with Gasteiger partial charge >= 0.3 is 0 Å². The van der Waals surface area contributed by atoms with Crippen molar-refractivity contribution < 1.29 is 9.50 Å². The molecule has 0 amide bonds. The summed E-state index contributed by atoms with van der Waals surface area (Å²) in [5, 5.41) is 9.15. The lowest BCUT2D eigenvalue weighted by atomic mass is 10.2. The molecule has 0 fully saturated rings. The van der Waals surface area contributed by atoms with Gasteiger partial charge < -0.3 is 10.0 Å². The van der Waals surface area contributed by atoms with Gasteiger partial charge in [0.05, 0.1) is 5.69 Å². The van der Waals surface area contributed by atoms with Gasteiger partial charge in [-0.15, -0.1) is 0 Å². The van der Waals surface area contributed by atoms with E-state index in [1.165, 1.54) is 6.07 Å². The van der Waals surface area contributed by atoms with Crippen LogP contribution in [0.5, 0.6) is 5.75 Å². The zero-order valence-electron chi connectivity index (χ0n) is 6.50. The van der Waals surface area contributed by atoms with E-state index in [2.05, 4.69) is 0 Å². The maximum absolute atomic E-state index is 12.7. The van der Waals surface area contributed by atoms with Crippen molar-refractivity contribution in [2.24, 2.45) is 0 Å². The van der Waals surface area contributed by atoms with Crippen LogP contribution in [-0.4, -0.2) is 19.2 Å². The topological polar surface area (TPSA) is 23.5 Å².